The number of hydrogen-bond acceptors (Lipinski definition) is 5. The first-order chi connectivity index (χ1) is 17.0. The van der Waals surface area contributed by atoms with Crippen LogP contribution in [0.25, 0.3) is 11.1 Å². The van der Waals surface area contributed by atoms with Gasteiger partial charge in [0.1, 0.15) is 12.6 Å². The minimum absolute atomic E-state index is 0.0451. The Morgan fingerprint density at radius 2 is 1.71 bits per heavy atom. The Kier molecular flexibility index (Phi) is 8.33. The Hall–Kier alpha value is -3.00. The highest BCUT2D eigenvalue weighted by molar-refractivity contribution is 7.98. The van der Waals surface area contributed by atoms with Gasteiger partial charge in [0.25, 0.3) is 0 Å². The molecule has 3 atom stereocenters. The second kappa shape index (κ2) is 11.6. The zero-order chi connectivity index (χ0) is 24.8. The summed E-state index contributed by atoms with van der Waals surface area (Å²) in [5, 5.41) is 14.8. The number of hydrogen-bond donors (Lipinski definition) is 3. The molecule has 0 radical (unpaired) electrons. The highest BCUT2D eigenvalue weighted by Crippen LogP contribution is 2.44. The predicted molar refractivity (Wildman–Crippen MR) is 137 cm³/mol. The summed E-state index contributed by atoms with van der Waals surface area (Å²) in [4.78, 5) is 36.7. The number of aliphatic carboxylic acids is 1. The Labute approximate surface area is 210 Å². The van der Waals surface area contributed by atoms with Gasteiger partial charge in [-0.25, -0.2) is 4.79 Å². The molecule has 8 heteroatoms. The number of fused-ring (bicyclic) bond motifs is 3. The van der Waals surface area contributed by atoms with Crippen LogP contribution in [0.3, 0.4) is 0 Å². The molecule has 35 heavy (non-hydrogen) atoms. The summed E-state index contributed by atoms with van der Waals surface area (Å²) < 4.78 is 5.63. The fourth-order valence-corrected chi connectivity index (χ4v) is 5.70. The van der Waals surface area contributed by atoms with Gasteiger partial charge in [0.15, 0.2) is 0 Å². The third kappa shape index (κ3) is 6.17. The van der Waals surface area contributed by atoms with Crippen molar-refractivity contribution in [1.29, 1.82) is 0 Å². The number of amides is 2. The lowest BCUT2D eigenvalue weighted by atomic mass is 9.98. The van der Waals surface area contributed by atoms with Crippen LogP contribution >= 0.6 is 11.8 Å². The molecule has 0 heterocycles. The van der Waals surface area contributed by atoms with Crippen molar-refractivity contribution in [3.8, 4) is 11.1 Å². The molecule has 3 N–H and O–H groups in total. The number of benzene rings is 2. The maximum atomic E-state index is 13.0. The first kappa shape index (κ1) is 25.1. The van der Waals surface area contributed by atoms with Gasteiger partial charge in [-0.1, -0.05) is 48.5 Å². The number of carboxylic acid groups (broad SMARTS) is 1. The summed E-state index contributed by atoms with van der Waals surface area (Å²) in [6.45, 7) is 0.191. The topological polar surface area (TPSA) is 105 Å². The number of carbonyl (C=O) groups is 3. The van der Waals surface area contributed by atoms with Crippen LogP contribution < -0.4 is 10.6 Å². The van der Waals surface area contributed by atoms with Crippen molar-refractivity contribution >= 4 is 29.7 Å². The quantitative estimate of drug-likeness (QED) is 0.450. The van der Waals surface area contributed by atoms with Gasteiger partial charge in [-0.3, -0.25) is 9.59 Å². The van der Waals surface area contributed by atoms with Gasteiger partial charge in [0.05, 0.1) is 0 Å². The highest BCUT2D eigenvalue weighted by atomic mass is 32.2. The monoisotopic (exact) mass is 496 g/mol. The van der Waals surface area contributed by atoms with Crippen LogP contribution in [0, 0.1) is 5.92 Å². The van der Waals surface area contributed by atoms with E-state index in [2.05, 4.69) is 34.9 Å². The van der Waals surface area contributed by atoms with Crippen molar-refractivity contribution in [2.45, 2.75) is 50.1 Å². The average Bonchev–Trinajstić information content (AvgIpc) is 3.41. The minimum Gasteiger partial charge on any atom is -0.481 e. The van der Waals surface area contributed by atoms with Gasteiger partial charge in [-0.15, -0.1) is 0 Å². The van der Waals surface area contributed by atoms with E-state index in [4.69, 9.17) is 9.84 Å². The number of carboxylic acids is 1. The molecule has 1 unspecified atom stereocenters. The number of rotatable bonds is 10. The van der Waals surface area contributed by atoms with Gasteiger partial charge < -0.3 is 20.5 Å². The number of nitrogens with one attached hydrogen (secondary N) is 2. The van der Waals surface area contributed by atoms with Crippen LogP contribution in [0.15, 0.2) is 48.5 Å². The smallest absolute Gasteiger partial charge is 0.407 e. The van der Waals surface area contributed by atoms with Crippen LogP contribution in [0.1, 0.15) is 49.1 Å². The van der Waals surface area contributed by atoms with E-state index in [1.165, 1.54) is 0 Å². The van der Waals surface area contributed by atoms with Crippen molar-refractivity contribution < 1.29 is 24.2 Å². The van der Waals surface area contributed by atoms with Gasteiger partial charge >= 0.3 is 12.1 Å². The van der Waals surface area contributed by atoms with E-state index in [1.54, 1.807) is 11.8 Å². The third-order valence-electron chi connectivity index (χ3n) is 6.91. The lowest BCUT2D eigenvalue weighted by Crippen LogP contribution is -2.49. The number of alkyl carbamates (subject to hydrolysis) is 1. The second-order valence-electron chi connectivity index (χ2n) is 9.29. The molecule has 0 aromatic heterocycles. The van der Waals surface area contributed by atoms with Crippen LogP contribution in [0.2, 0.25) is 0 Å². The van der Waals surface area contributed by atoms with Gasteiger partial charge in [0, 0.05) is 18.4 Å². The molecule has 7 nitrogen and oxygen atoms in total. The Balaban J connectivity index is 1.34. The van der Waals surface area contributed by atoms with E-state index in [0.717, 1.165) is 35.1 Å². The average molecular weight is 497 g/mol. The predicted octanol–water partition coefficient (Wildman–Crippen LogP) is 4.41. The highest BCUT2D eigenvalue weighted by Gasteiger charge is 2.32. The number of carbonyl (C=O) groups excluding carboxylic acids is 2. The first-order valence-corrected chi connectivity index (χ1v) is 13.5. The fraction of sp³-hybridized carbons (Fsp3) is 0.444. The minimum atomic E-state index is -0.809. The summed E-state index contributed by atoms with van der Waals surface area (Å²) in [6.07, 6.45) is 4.15. The largest absolute Gasteiger partial charge is 0.481 e. The molecule has 4 rings (SSSR count). The molecule has 2 aromatic rings. The van der Waals surface area contributed by atoms with Crippen LogP contribution in [0.4, 0.5) is 4.79 Å². The normalized spacial score (nSPS) is 19.5. The van der Waals surface area contributed by atoms with Crippen molar-refractivity contribution in [2.75, 3.05) is 18.6 Å². The lowest BCUT2D eigenvalue weighted by Gasteiger charge is -2.21. The molecule has 0 spiro atoms. The first-order valence-electron chi connectivity index (χ1n) is 12.1. The van der Waals surface area contributed by atoms with Crippen molar-refractivity contribution in [2.24, 2.45) is 5.92 Å². The van der Waals surface area contributed by atoms with E-state index in [1.807, 2.05) is 30.5 Å². The molecule has 0 saturated heterocycles. The molecule has 1 saturated carbocycles. The molecule has 1 fully saturated rings. The summed E-state index contributed by atoms with van der Waals surface area (Å²) >= 11 is 1.61. The maximum absolute atomic E-state index is 13.0. The Morgan fingerprint density at radius 1 is 1.06 bits per heavy atom. The molecular weight excluding hydrogens is 464 g/mol. The molecule has 2 amide bonds. The summed E-state index contributed by atoms with van der Waals surface area (Å²) in [5.74, 6) is -0.298. The van der Waals surface area contributed by atoms with Crippen molar-refractivity contribution in [1.82, 2.24) is 10.6 Å². The zero-order valence-electron chi connectivity index (χ0n) is 19.9. The lowest BCUT2D eigenvalue weighted by molar-refractivity contribution is -0.138. The van der Waals surface area contributed by atoms with Gasteiger partial charge in [-0.05, 0) is 65.9 Å². The fourth-order valence-electron chi connectivity index (χ4n) is 5.23. The summed E-state index contributed by atoms with van der Waals surface area (Å²) in [7, 11) is 0. The molecular formula is C27H32N2O5S. The molecule has 2 aliphatic rings. The maximum Gasteiger partial charge on any atom is 0.407 e. The molecule has 2 aliphatic carbocycles. The Morgan fingerprint density at radius 3 is 2.34 bits per heavy atom. The summed E-state index contributed by atoms with van der Waals surface area (Å²) in [5.41, 5.74) is 4.59. The Bertz CT molecular complexity index is 1030. The molecule has 186 valence electrons. The van der Waals surface area contributed by atoms with E-state index in [9.17, 15) is 14.4 Å². The SMILES string of the molecule is CSCCC(NC(=O)OCC1c2ccccc2-c2ccccc21)C(=O)N[C@@H]1CC[C@H](CC(=O)O)C1. The molecule has 0 aliphatic heterocycles. The molecule has 2 aromatic carbocycles. The van der Waals surface area contributed by atoms with E-state index in [0.29, 0.717) is 18.6 Å². The number of thioether (sulfide) groups is 1. The van der Waals surface area contributed by atoms with Gasteiger partial charge in [-0.2, -0.15) is 11.8 Å². The van der Waals surface area contributed by atoms with E-state index >= 15 is 0 Å². The standard InChI is InChI=1S/C27H32N2O5S/c1-35-13-12-24(26(32)28-18-11-10-17(14-18)15-25(30)31)29-27(33)34-16-23-21-8-4-2-6-19(21)20-7-3-5-9-22(20)23/h2-9,17-18,23-24H,10-16H2,1H3,(H,28,32)(H,29,33)(H,30,31)/t17-,18+,24?/m0/s1. The van der Waals surface area contributed by atoms with Gasteiger partial charge in [0.2, 0.25) is 5.91 Å². The van der Waals surface area contributed by atoms with Crippen molar-refractivity contribution in [3.05, 3.63) is 59.7 Å². The van der Waals surface area contributed by atoms with Crippen LogP contribution in [-0.4, -0.2) is 53.8 Å². The molecule has 0 bridgehead atoms. The van der Waals surface area contributed by atoms with Crippen molar-refractivity contribution in [3.63, 3.8) is 0 Å². The third-order valence-corrected chi connectivity index (χ3v) is 7.56. The zero-order valence-corrected chi connectivity index (χ0v) is 20.7. The number of ether oxygens (including phenoxy) is 1. The summed E-state index contributed by atoms with van der Waals surface area (Å²) in [6, 6.07) is 15.5. The van der Waals surface area contributed by atoms with E-state index < -0.39 is 18.1 Å². The van der Waals surface area contributed by atoms with E-state index in [-0.39, 0.29) is 36.8 Å². The van der Waals surface area contributed by atoms with Crippen LogP contribution in [-0.2, 0) is 14.3 Å². The second-order valence-corrected chi connectivity index (χ2v) is 10.3. The van der Waals surface area contributed by atoms with Crippen LogP contribution in [0.5, 0.6) is 0 Å².